The maximum Gasteiger partial charge on any atom is 0.187 e. The van der Waals surface area contributed by atoms with E-state index in [-0.39, 0.29) is 54.5 Å². The molecule has 4 aliphatic heterocycles. The van der Waals surface area contributed by atoms with Crippen molar-refractivity contribution in [3.05, 3.63) is 11.6 Å². The summed E-state index contributed by atoms with van der Waals surface area (Å²) in [5, 5.41) is 140. The van der Waals surface area contributed by atoms with Gasteiger partial charge in [0.25, 0.3) is 0 Å². The van der Waals surface area contributed by atoms with Crippen LogP contribution in [0.2, 0.25) is 0 Å². The van der Waals surface area contributed by atoms with E-state index < -0.39 is 164 Å². The molecule has 4 heterocycles. The van der Waals surface area contributed by atoms with Crippen molar-refractivity contribution in [3.63, 3.8) is 0 Å². The molecule has 0 spiro atoms. The third-order valence-electron chi connectivity index (χ3n) is 20.2. The summed E-state index contributed by atoms with van der Waals surface area (Å²) in [6, 6.07) is 0. The van der Waals surface area contributed by atoms with E-state index in [1.807, 2.05) is 19.9 Å². The fraction of sp³-hybridized carbons (Fsp3) is 0.943. The van der Waals surface area contributed by atoms with Gasteiger partial charge in [0.05, 0.1) is 44.2 Å². The quantitative estimate of drug-likeness (QED) is 0.0666. The van der Waals surface area contributed by atoms with Crippen LogP contribution in [-0.4, -0.2) is 227 Å². The van der Waals surface area contributed by atoms with Gasteiger partial charge in [-0.2, -0.15) is 0 Å². The molecular formula is C53H88O22. The minimum Gasteiger partial charge on any atom is -0.394 e. The number of carbonyl (C=O) groups excluding carboxylic acids is 1. The first-order chi connectivity index (χ1) is 35.1. The molecule has 0 amide bonds. The lowest BCUT2D eigenvalue weighted by Crippen LogP contribution is -2.67. The predicted molar refractivity (Wildman–Crippen MR) is 259 cm³/mol. The van der Waals surface area contributed by atoms with Crippen LogP contribution in [0, 0.1) is 45.3 Å². The molecule has 2 unspecified atom stereocenters. The predicted octanol–water partition coefficient (Wildman–Crippen LogP) is -1.36. The number of Topliss-reactive ketones (excluding diaryl/α,β-unsaturated/α-hetero) is 1. The van der Waals surface area contributed by atoms with Crippen molar-refractivity contribution in [2.24, 2.45) is 45.3 Å². The maximum absolute atomic E-state index is 15.2. The fourth-order valence-electron chi connectivity index (χ4n) is 15.6. The molecule has 75 heavy (non-hydrogen) atoms. The lowest BCUT2D eigenvalue weighted by Gasteiger charge is -2.69. The third kappa shape index (κ3) is 10.5. The Balaban J connectivity index is 1.03. The van der Waals surface area contributed by atoms with Crippen LogP contribution >= 0.6 is 0 Å². The molecule has 8 rings (SSSR count). The molecule has 4 saturated carbocycles. The Hall–Kier alpha value is -1.43. The smallest absolute Gasteiger partial charge is 0.187 e. The highest BCUT2D eigenvalue weighted by molar-refractivity contribution is 5.84. The molecule has 28 atom stereocenters. The molecule has 0 aromatic rings. The summed E-state index contributed by atoms with van der Waals surface area (Å²) in [6.07, 6.45) is -23.1. The summed E-state index contributed by atoms with van der Waals surface area (Å²) in [5.41, 5.74) is -2.40. The average molecular weight is 1080 g/mol. The monoisotopic (exact) mass is 1080 g/mol. The molecule has 4 aliphatic carbocycles. The van der Waals surface area contributed by atoms with E-state index >= 15 is 4.79 Å². The lowest BCUT2D eigenvalue weighted by molar-refractivity contribution is -0.388. The zero-order valence-corrected chi connectivity index (χ0v) is 44.6. The summed E-state index contributed by atoms with van der Waals surface area (Å²) >= 11 is 0. The molecule has 13 N–H and O–H groups in total. The third-order valence-corrected chi connectivity index (χ3v) is 20.2. The Labute approximate surface area is 438 Å². The molecule has 0 bridgehead atoms. The molecule has 8 aliphatic rings. The highest BCUT2D eigenvalue weighted by Crippen LogP contribution is 2.75. The van der Waals surface area contributed by atoms with Gasteiger partial charge in [-0.1, -0.05) is 46.3 Å². The summed E-state index contributed by atoms with van der Waals surface area (Å²) in [6.45, 7) is 14.3. The Morgan fingerprint density at radius 3 is 1.83 bits per heavy atom. The summed E-state index contributed by atoms with van der Waals surface area (Å²) in [4.78, 5) is 15.2. The number of carbonyl (C=O) groups is 1. The van der Waals surface area contributed by atoms with Crippen molar-refractivity contribution in [2.45, 2.75) is 242 Å². The first-order valence-corrected chi connectivity index (χ1v) is 27.2. The van der Waals surface area contributed by atoms with E-state index in [9.17, 15) is 66.4 Å². The number of hydrogen-bond donors (Lipinski definition) is 13. The van der Waals surface area contributed by atoms with Gasteiger partial charge in [0.15, 0.2) is 25.2 Å². The van der Waals surface area contributed by atoms with E-state index in [0.717, 1.165) is 18.4 Å². The number of hydrogen-bond acceptors (Lipinski definition) is 22. The van der Waals surface area contributed by atoms with E-state index in [2.05, 4.69) is 34.6 Å². The molecule has 4 saturated heterocycles. The molecule has 22 heteroatoms. The topological polar surface area (TPSA) is 354 Å². The zero-order valence-electron chi connectivity index (χ0n) is 44.6. The van der Waals surface area contributed by atoms with Crippen molar-refractivity contribution in [1.82, 2.24) is 0 Å². The van der Waals surface area contributed by atoms with Gasteiger partial charge in [-0.05, 0) is 106 Å². The fourth-order valence-corrected chi connectivity index (χ4v) is 15.6. The van der Waals surface area contributed by atoms with E-state index in [1.54, 1.807) is 0 Å². The largest absolute Gasteiger partial charge is 0.394 e. The van der Waals surface area contributed by atoms with Crippen LogP contribution in [-0.2, 0) is 42.7 Å². The second-order valence-electron chi connectivity index (χ2n) is 25.0. The minimum atomic E-state index is -1.85. The SMILES string of the molecule is CC(C)=CCC[C@@](O)(CO[C@@H]1O[C@H](CO)[C@@H](O)[C@H](O)[C@H]1O)[C@H]1CC[C@]2(C)[C@@H]1C(=O)CC1[C@@]3(C)CC[C@H](O[C@@H]4OC[C@@H](O)[C@H](O[C@@H]5O[C@H](CO)[C@@H](O)[C@H](O)[C@H]5O)[C@H]4O[C@@H]4O[C@@H](C)[C@H](O)[C@@H](O)[C@H]4O)C(C)(C)C3CC[C@]12C. The second kappa shape index (κ2) is 22.5. The number of ketones is 1. The van der Waals surface area contributed by atoms with Gasteiger partial charge in [0, 0.05) is 18.3 Å². The van der Waals surface area contributed by atoms with Crippen molar-refractivity contribution in [1.29, 1.82) is 0 Å². The Morgan fingerprint density at radius 2 is 1.21 bits per heavy atom. The lowest BCUT2D eigenvalue weighted by atomic mass is 9.35. The average Bonchev–Trinajstić information content (AvgIpc) is 3.75. The first-order valence-electron chi connectivity index (χ1n) is 27.2. The highest BCUT2D eigenvalue weighted by atomic mass is 16.8. The van der Waals surface area contributed by atoms with E-state index in [1.165, 1.54) is 6.92 Å². The van der Waals surface area contributed by atoms with E-state index in [4.69, 9.17) is 37.9 Å². The van der Waals surface area contributed by atoms with Gasteiger partial charge in [-0.3, -0.25) is 4.79 Å². The summed E-state index contributed by atoms with van der Waals surface area (Å²) in [7, 11) is 0. The number of aliphatic hydroxyl groups is 13. The number of fused-ring (bicyclic) bond motifs is 5. The second-order valence-corrected chi connectivity index (χ2v) is 25.0. The van der Waals surface area contributed by atoms with Crippen LogP contribution in [0.15, 0.2) is 11.6 Å². The van der Waals surface area contributed by atoms with Gasteiger partial charge >= 0.3 is 0 Å². The van der Waals surface area contributed by atoms with Gasteiger partial charge in [-0.15, -0.1) is 0 Å². The molecular weight excluding hydrogens is 989 g/mol. The van der Waals surface area contributed by atoms with Gasteiger partial charge in [-0.25, -0.2) is 0 Å². The summed E-state index contributed by atoms with van der Waals surface area (Å²) in [5.74, 6) is -1.07. The molecule has 0 radical (unpaired) electrons. The number of allylic oxidation sites excluding steroid dienone is 2. The van der Waals surface area contributed by atoms with Crippen molar-refractivity contribution in [2.75, 3.05) is 26.4 Å². The summed E-state index contributed by atoms with van der Waals surface area (Å²) < 4.78 is 48.9. The van der Waals surface area contributed by atoms with Crippen molar-refractivity contribution < 1.29 is 109 Å². The van der Waals surface area contributed by atoms with Crippen LogP contribution in [0.1, 0.15) is 113 Å². The minimum absolute atomic E-state index is 0.00406. The van der Waals surface area contributed by atoms with Gasteiger partial charge in [0.1, 0.15) is 91.2 Å². The number of rotatable bonds is 15. The van der Waals surface area contributed by atoms with Crippen LogP contribution in [0.4, 0.5) is 0 Å². The molecule has 432 valence electrons. The number of aliphatic hydroxyl groups excluding tert-OH is 12. The van der Waals surface area contributed by atoms with Crippen LogP contribution < -0.4 is 0 Å². The normalized spacial score (nSPS) is 51.8. The number of ether oxygens (including phenoxy) is 8. The Kier molecular flexibility index (Phi) is 17.9. The first kappa shape index (κ1) is 59.7. The Bertz CT molecular complexity index is 1990. The van der Waals surface area contributed by atoms with E-state index in [0.29, 0.717) is 32.1 Å². The van der Waals surface area contributed by atoms with Crippen LogP contribution in [0.25, 0.3) is 0 Å². The van der Waals surface area contributed by atoms with Gasteiger partial charge in [0.2, 0.25) is 0 Å². The van der Waals surface area contributed by atoms with Crippen molar-refractivity contribution >= 4 is 5.78 Å². The van der Waals surface area contributed by atoms with Crippen molar-refractivity contribution in [3.8, 4) is 0 Å². The van der Waals surface area contributed by atoms with Gasteiger partial charge < -0.3 is 104 Å². The van der Waals surface area contributed by atoms with Crippen LogP contribution in [0.5, 0.6) is 0 Å². The standard InChI is InChI=1S/C53H88O22/c1-23(2)10-9-14-53(67,22-69-45-40(64)38(62)35(59)28(19-54)71-45)25-11-16-52(8)33(25)26(56)18-31-50(6)15-13-32(49(4,5)30(50)12-17-51(31,52)7)73-48-44(75-46-41(65)37(61)34(58)24(3)70-46)43(27(57)21-68-48)74-47-42(66)39(63)36(60)29(20-55)72-47/h10,24-25,27-48,54-55,57-67H,9,11-22H2,1-8H3/t24-,25-,27+,28+,29+,30?,31?,32-,33-,34-,35+,36+,37+,38-,39-,40+,41+,42+,43-,44+,45+,46-,47-,48-,50-,51+,52+,53+/m0/s1. The molecule has 22 nitrogen and oxygen atoms in total. The maximum atomic E-state index is 15.2. The molecule has 0 aromatic heterocycles. The molecule has 8 fully saturated rings. The zero-order chi connectivity index (χ0) is 55.1. The molecule has 0 aromatic carbocycles. The Morgan fingerprint density at radius 1 is 0.653 bits per heavy atom. The highest BCUT2D eigenvalue weighted by Gasteiger charge is 2.72. The van der Waals surface area contributed by atoms with Crippen LogP contribution in [0.3, 0.4) is 0 Å².